The molecule has 0 saturated carbocycles. The van der Waals surface area contributed by atoms with Gasteiger partial charge in [-0.3, -0.25) is 14.5 Å². The van der Waals surface area contributed by atoms with Gasteiger partial charge in [0.1, 0.15) is 5.54 Å². The number of benzene rings is 1. The molecule has 2 aromatic rings. The Kier molecular flexibility index (Phi) is 7.36. The van der Waals surface area contributed by atoms with Crippen molar-refractivity contribution in [1.82, 2.24) is 15.1 Å². The topological polar surface area (TPSA) is 69.7 Å². The standard InChI is InChI=1S/C28H37N3O3S/c1-5-15-28(25(33)31(26(34)29-28)18-14-23-7-6-19-35-23)22-12-16-30(17-13-22)24(32)20-8-10-21(11-9-20)27(2,3)4/h6-11,19,22H,5,12-18H2,1-4H3,(H,29,34)/t28-/m0/s1. The molecule has 4 amide bonds. The summed E-state index contributed by atoms with van der Waals surface area (Å²) in [4.78, 5) is 44.1. The van der Waals surface area contributed by atoms with Gasteiger partial charge in [0.05, 0.1) is 0 Å². The summed E-state index contributed by atoms with van der Waals surface area (Å²) in [6.45, 7) is 10.1. The number of carbonyl (C=O) groups is 3. The Labute approximate surface area is 212 Å². The largest absolute Gasteiger partial charge is 0.339 e. The first-order chi connectivity index (χ1) is 16.7. The number of rotatable bonds is 7. The van der Waals surface area contributed by atoms with Crippen molar-refractivity contribution in [2.45, 2.75) is 70.8 Å². The van der Waals surface area contributed by atoms with E-state index in [2.05, 4.69) is 33.0 Å². The zero-order valence-corrected chi connectivity index (χ0v) is 22.1. The zero-order chi connectivity index (χ0) is 25.2. The normalized spacial score (nSPS) is 21.5. The number of piperidine rings is 1. The van der Waals surface area contributed by atoms with Gasteiger partial charge in [-0.2, -0.15) is 0 Å². The predicted molar refractivity (Wildman–Crippen MR) is 140 cm³/mol. The van der Waals surface area contributed by atoms with Gasteiger partial charge in [0, 0.05) is 30.1 Å². The summed E-state index contributed by atoms with van der Waals surface area (Å²) < 4.78 is 0. The minimum absolute atomic E-state index is 0.0259. The summed E-state index contributed by atoms with van der Waals surface area (Å²) in [6.07, 6.45) is 3.52. The van der Waals surface area contributed by atoms with Crippen LogP contribution >= 0.6 is 11.3 Å². The van der Waals surface area contributed by atoms with Crippen LogP contribution in [0.2, 0.25) is 0 Å². The lowest BCUT2D eigenvalue weighted by Crippen LogP contribution is -2.56. The van der Waals surface area contributed by atoms with Crippen LogP contribution in [0.25, 0.3) is 0 Å². The third kappa shape index (κ3) is 5.15. The van der Waals surface area contributed by atoms with Crippen molar-refractivity contribution in [1.29, 1.82) is 0 Å². The monoisotopic (exact) mass is 495 g/mol. The summed E-state index contributed by atoms with van der Waals surface area (Å²) in [7, 11) is 0. The Hall–Kier alpha value is -2.67. The lowest BCUT2D eigenvalue weighted by Gasteiger charge is -2.41. The minimum Gasteiger partial charge on any atom is -0.339 e. The van der Waals surface area contributed by atoms with E-state index in [-0.39, 0.29) is 29.2 Å². The van der Waals surface area contributed by atoms with Gasteiger partial charge in [0.2, 0.25) is 0 Å². The lowest BCUT2D eigenvalue weighted by molar-refractivity contribution is -0.134. The molecule has 2 saturated heterocycles. The molecular formula is C28H37N3O3S. The van der Waals surface area contributed by atoms with E-state index in [1.807, 2.05) is 46.7 Å². The number of thiophene rings is 1. The Morgan fingerprint density at radius 3 is 2.37 bits per heavy atom. The molecule has 0 radical (unpaired) electrons. The molecular weight excluding hydrogens is 458 g/mol. The molecule has 0 spiro atoms. The fourth-order valence-electron chi connectivity index (χ4n) is 5.44. The van der Waals surface area contributed by atoms with Crippen LogP contribution in [0.1, 0.15) is 74.2 Å². The number of imide groups is 1. The van der Waals surface area contributed by atoms with E-state index >= 15 is 0 Å². The molecule has 1 aromatic heterocycles. The van der Waals surface area contributed by atoms with Gasteiger partial charge < -0.3 is 10.2 Å². The Bertz CT molecular complexity index is 1050. The average molecular weight is 496 g/mol. The molecule has 1 N–H and O–H groups in total. The van der Waals surface area contributed by atoms with Crippen LogP contribution < -0.4 is 5.32 Å². The Balaban J connectivity index is 1.42. The molecule has 4 rings (SSSR count). The average Bonchev–Trinajstić information content (AvgIpc) is 3.44. The highest BCUT2D eigenvalue weighted by atomic mass is 32.1. The number of nitrogens with zero attached hydrogens (tertiary/aromatic N) is 2. The molecule has 6 nitrogen and oxygen atoms in total. The quantitative estimate of drug-likeness (QED) is 0.535. The van der Waals surface area contributed by atoms with Gasteiger partial charge >= 0.3 is 6.03 Å². The van der Waals surface area contributed by atoms with E-state index in [4.69, 9.17) is 0 Å². The van der Waals surface area contributed by atoms with Crippen molar-refractivity contribution < 1.29 is 14.4 Å². The first-order valence-electron chi connectivity index (χ1n) is 12.7. The summed E-state index contributed by atoms with van der Waals surface area (Å²) in [5, 5.41) is 5.11. The van der Waals surface area contributed by atoms with Gasteiger partial charge in [-0.1, -0.05) is 52.3 Å². The van der Waals surface area contributed by atoms with Crippen LogP contribution in [-0.2, 0) is 16.6 Å². The van der Waals surface area contributed by atoms with E-state index in [1.54, 1.807) is 11.3 Å². The summed E-state index contributed by atoms with van der Waals surface area (Å²) in [5.74, 6) is -0.0331. The van der Waals surface area contributed by atoms with Crippen molar-refractivity contribution in [3.05, 3.63) is 57.8 Å². The molecule has 1 atom stereocenters. The molecule has 2 fully saturated rings. The second-order valence-corrected chi connectivity index (χ2v) is 11.9. The number of nitrogens with one attached hydrogen (secondary N) is 1. The highest BCUT2D eigenvalue weighted by molar-refractivity contribution is 7.09. The zero-order valence-electron chi connectivity index (χ0n) is 21.3. The smallest absolute Gasteiger partial charge is 0.325 e. The van der Waals surface area contributed by atoms with Gasteiger partial charge in [-0.05, 0) is 66.2 Å². The number of carbonyl (C=O) groups excluding carboxylic acids is 3. The lowest BCUT2D eigenvalue weighted by atomic mass is 9.74. The van der Waals surface area contributed by atoms with E-state index in [9.17, 15) is 14.4 Å². The van der Waals surface area contributed by atoms with Crippen molar-refractivity contribution in [3.63, 3.8) is 0 Å². The van der Waals surface area contributed by atoms with E-state index in [1.165, 1.54) is 15.3 Å². The van der Waals surface area contributed by atoms with E-state index in [0.29, 0.717) is 50.9 Å². The first kappa shape index (κ1) is 25.4. The van der Waals surface area contributed by atoms with E-state index < -0.39 is 5.54 Å². The highest BCUT2D eigenvalue weighted by Gasteiger charge is 2.55. The third-order valence-corrected chi connectivity index (χ3v) is 8.42. The molecule has 0 unspecified atom stereocenters. The molecule has 2 aliphatic heterocycles. The molecule has 1 aromatic carbocycles. The SMILES string of the molecule is CCC[C@@]1(C2CCN(C(=O)c3ccc(C(C)(C)C)cc3)CC2)NC(=O)N(CCc2cccs2)C1=O. The molecule has 0 aliphatic carbocycles. The molecule has 188 valence electrons. The van der Waals surface area contributed by atoms with Crippen molar-refractivity contribution in [2.75, 3.05) is 19.6 Å². The van der Waals surface area contributed by atoms with Crippen LogP contribution in [0.4, 0.5) is 4.79 Å². The minimum atomic E-state index is -0.856. The van der Waals surface area contributed by atoms with Crippen LogP contribution in [-0.4, -0.2) is 52.8 Å². The van der Waals surface area contributed by atoms with Gasteiger partial charge in [0.15, 0.2) is 0 Å². The summed E-state index contributed by atoms with van der Waals surface area (Å²) in [6, 6.07) is 11.6. The predicted octanol–water partition coefficient (Wildman–Crippen LogP) is 5.23. The molecule has 2 aliphatic rings. The van der Waals surface area contributed by atoms with Gasteiger partial charge in [0.25, 0.3) is 11.8 Å². The second kappa shape index (κ2) is 10.1. The van der Waals surface area contributed by atoms with Crippen molar-refractivity contribution >= 4 is 29.2 Å². The number of hydrogen-bond acceptors (Lipinski definition) is 4. The highest BCUT2D eigenvalue weighted by Crippen LogP contribution is 2.37. The third-order valence-electron chi connectivity index (χ3n) is 7.49. The molecule has 0 bridgehead atoms. The first-order valence-corrected chi connectivity index (χ1v) is 13.6. The van der Waals surface area contributed by atoms with Gasteiger partial charge in [-0.25, -0.2) is 4.79 Å². The maximum absolute atomic E-state index is 13.6. The molecule has 7 heteroatoms. The number of amides is 4. The van der Waals surface area contributed by atoms with Crippen LogP contribution in [0.5, 0.6) is 0 Å². The van der Waals surface area contributed by atoms with Crippen molar-refractivity contribution in [2.24, 2.45) is 5.92 Å². The van der Waals surface area contributed by atoms with Gasteiger partial charge in [-0.15, -0.1) is 11.3 Å². The number of hydrogen-bond donors (Lipinski definition) is 1. The maximum atomic E-state index is 13.6. The van der Waals surface area contributed by atoms with Crippen LogP contribution in [0, 0.1) is 5.92 Å². The van der Waals surface area contributed by atoms with Crippen LogP contribution in [0.3, 0.4) is 0 Å². The van der Waals surface area contributed by atoms with Crippen LogP contribution in [0.15, 0.2) is 41.8 Å². The number of likely N-dealkylation sites (tertiary alicyclic amines) is 1. The maximum Gasteiger partial charge on any atom is 0.325 e. The number of urea groups is 1. The fraction of sp³-hybridized carbons (Fsp3) is 0.536. The molecule has 35 heavy (non-hydrogen) atoms. The Morgan fingerprint density at radius 1 is 1.11 bits per heavy atom. The fourth-order valence-corrected chi connectivity index (χ4v) is 6.14. The molecule has 3 heterocycles. The van der Waals surface area contributed by atoms with E-state index in [0.717, 1.165) is 6.42 Å². The summed E-state index contributed by atoms with van der Waals surface area (Å²) in [5.41, 5.74) is 1.09. The Morgan fingerprint density at radius 2 is 1.80 bits per heavy atom. The van der Waals surface area contributed by atoms with Crippen molar-refractivity contribution in [3.8, 4) is 0 Å². The summed E-state index contributed by atoms with van der Waals surface area (Å²) >= 11 is 1.64. The second-order valence-electron chi connectivity index (χ2n) is 10.8.